The monoisotopic (exact) mass is 353 g/mol. The molecule has 124 valence electrons. The molecule has 25 heavy (non-hydrogen) atoms. The number of nitrogens with one attached hydrogen (secondary N) is 1. The minimum Gasteiger partial charge on any atom is -0.448 e. The number of halogens is 1. The van der Waals surface area contributed by atoms with E-state index in [0.29, 0.717) is 21.8 Å². The number of hydrogen-bond acceptors (Lipinski definition) is 4. The van der Waals surface area contributed by atoms with E-state index in [-0.39, 0.29) is 18.0 Å². The number of aromatic nitrogens is 2. The van der Waals surface area contributed by atoms with Gasteiger partial charge in [-0.2, -0.15) is 0 Å². The maximum absolute atomic E-state index is 12.6. The SMILES string of the molecule is O=C(Cn1cnc2c(oc3ccccc32)c1=O)Nc1cccc(Cl)c1. The molecule has 0 aliphatic carbocycles. The Morgan fingerprint density at radius 3 is 2.88 bits per heavy atom. The molecular formula is C18H12ClN3O3. The Balaban J connectivity index is 1.65. The van der Waals surface area contributed by atoms with Gasteiger partial charge in [0.1, 0.15) is 17.6 Å². The highest BCUT2D eigenvalue weighted by molar-refractivity contribution is 6.30. The molecule has 2 aromatic carbocycles. The number of amides is 1. The van der Waals surface area contributed by atoms with Gasteiger partial charge in [-0.3, -0.25) is 14.2 Å². The molecule has 0 unspecified atom stereocenters. The van der Waals surface area contributed by atoms with Gasteiger partial charge in [0.05, 0.1) is 6.33 Å². The molecule has 0 radical (unpaired) electrons. The zero-order valence-corrected chi connectivity index (χ0v) is 13.7. The lowest BCUT2D eigenvalue weighted by molar-refractivity contribution is -0.116. The molecule has 0 atom stereocenters. The van der Waals surface area contributed by atoms with Crippen molar-refractivity contribution in [2.24, 2.45) is 0 Å². The number of carbonyl (C=O) groups is 1. The van der Waals surface area contributed by atoms with Gasteiger partial charge in [0.25, 0.3) is 5.56 Å². The van der Waals surface area contributed by atoms with E-state index >= 15 is 0 Å². The standard InChI is InChI=1S/C18H12ClN3O3/c19-11-4-3-5-12(8-11)21-15(23)9-22-10-20-16-13-6-1-2-7-14(13)25-17(16)18(22)24/h1-8,10H,9H2,(H,21,23). The molecule has 0 spiro atoms. The summed E-state index contributed by atoms with van der Waals surface area (Å²) in [4.78, 5) is 29.0. The third-order valence-electron chi connectivity index (χ3n) is 3.77. The highest BCUT2D eigenvalue weighted by Crippen LogP contribution is 2.24. The summed E-state index contributed by atoms with van der Waals surface area (Å²) in [6, 6.07) is 14.1. The molecule has 0 aliphatic rings. The highest BCUT2D eigenvalue weighted by Gasteiger charge is 2.14. The second-order valence-corrected chi connectivity index (χ2v) is 5.95. The first-order valence-electron chi connectivity index (χ1n) is 7.54. The Hall–Kier alpha value is -3.12. The lowest BCUT2D eigenvalue weighted by Crippen LogP contribution is -2.27. The minimum absolute atomic E-state index is 0.138. The number of benzene rings is 2. The van der Waals surface area contributed by atoms with Crippen molar-refractivity contribution < 1.29 is 9.21 Å². The lowest BCUT2D eigenvalue weighted by Gasteiger charge is -2.07. The Kier molecular flexibility index (Phi) is 3.74. The van der Waals surface area contributed by atoms with Crippen LogP contribution in [-0.2, 0) is 11.3 Å². The molecule has 7 heteroatoms. The van der Waals surface area contributed by atoms with Crippen molar-refractivity contribution in [2.45, 2.75) is 6.54 Å². The Morgan fingerprint density at radius 2 is 2.04 bits per heavy atom. The van der Waals surface area contributed by atoms with Crippen molar-refractivity contribution in [2.75, 3.05) is 5.32 Å². The quantitative estimate of drug-likeness (QED) is 0.612. The molecule has 1 amide bonds. The normalized spacial score (nSPS) is 11.1. The van der Waals surface area contributed by atoms with Crippen LogP contribution in [0, 0.1) is 0 Å². The van der Waals surface area contributed by atoms with E-state index in [1.807, 2.05) is 18.2 Å². The topological polar surface area (TPSA) is 77.1 Å². The number of hydrogen-bond donors (Lipinski definition) is 1. The average Bonchev–Trinajstić information content (AvgIpc) is 2.97. The van der Waals surface area contributed by atoms with E-state index in [0.717, 1.165) is 5.39 Å². The molecule has 1 N–H and O–H groups in total. The molecule has 0 aliphatic heterocycles. The molecule has 0 saturated heterocycles. The van der Waals surface area contributed by atoms with Crippen LogP contribution in [0.1, 0.15) is 0 Å². The number of para-hydroxylation sites is 1. The first-order valence-corrected chi connectivity index (χ1v) is 7.92. The third kappa shape index (κ3) is 2.88. The fourth-order valence-electron chi connectivity index (χ4n) is 2.65. The van der Waals surface area contributed by atoms with Crippen molar-refractivity contribution >= 4 is 45.3 Å². The summed E-state index contributed by atoms with van der Waals surface area (Å²) in [7, 11) is 0. The van der Waals surface area contributed by atoms with Crippen molar-refractivity contribution in [3.05, 3.63) is 70.2 Å². The highest BCUT2D eigenvalue weighted by atomic mass is 35.5. The largest absolute Gasteiger partial charge is 0.448 e. The van der Waals surface area contributed by atoms with Crippen LogP contribution >= 0.6 is 11.6 Å². The molecule has 2 heterocycles. The van der Waals surface area contributed by atoms with Gasteiger partial charge in [-0.25, -0.2) is 4.98 Å². The van der Waals surface area contributed by atoms with Gasteiger partial charge in [-0.15, -0.1) is 0 Å². The zero-order valence-electron chi connectivity index (χ0n) is 12.9. The first kappa shape index (κ1) is 15.4. The van der Waals surface area contributed by atoms with Crippen LogP contribution < -0.4 is 10.9 Å². The number of furan rings is 1. The van der Waals surface area contributed by atoms with E-state index in [1.54, 1.807) is 30.3 Å². The van der Waals surface area contributed by atoms with Crippen LogP contribution in [-0.4, -0.2) is 15.5 Å². The second-order valence-electron chi connectivity index (χ2n) is 5.51. The average molecular weight is 354 g/mol. The zero-order chi connectivity index (χ0) is 17.4. The number of rotatable bonds is 3. The van der Waals surface area contributed by atoms with E-state index in [1.165, 1.54) is 10.9 Å². The van der Waals surface area contributed by atoms with Crippen molar-refractivity contribution in [1.82, 2.24) is 9.55 Å². The van der Waals surface area contributed by atoms with Crippen molar-refractivity contribution in [3.63, 3.8) is 0 Å². The van der Waals surface area contributed by atoms with Gasteiger partial charge < -0.3 is 9.73 Å². The van der Waals surface area contributed by atoms with E-state index in [2.05, 4.69) is 10.3 Å². The molecule has 4 rings (SSSR count). The smallest absolute Gasteiger partial charge is 0.297 e. The summed E-state index contributed by atoms with van der Waals surface area (Å²) in [5, 5.41) is 3.97. The second kappa shape index (κ2) is 6.07. The molecular weight excluding hydrogens is 342 g/mol. The summed E-state index contributed by atoms with van der Waals surface area (Å²) >= 11 is 5.89. The predicted molar refractivity (Wildman–Crippen MR) is 95.9 cm³/mol. The summed E-state index contributed by atoms with van der Waals surface area (Å²) < 4.78 is 6.81. The van der Waals surface area contributed by atoms with Gasteiger partial charge in [-0.1, -0.05) is 29.8 Å². The summed E-state index contributed by atoms with van der Waals surface area (Å²) in [6.45, 7) is -0.175. The summed E-state index contributed by atoms with van der Waals surface area (Å²) in [6.07, 6.45) is 1.35. The van der Waals surface area contributed by atoms with Crippen LogP contribution in [0.2, 0.25) is 5.02 Å². The number of nitrogens with zero attached hydrogens (tertiary/aromatic N) is 2. The maximum Gasteiger partial charge on any atom is 0.297 e. The van der Waals surface area contributed by atoms with Crippen LogP contribution in [0.4, 0.5) is 5.69 Å². The molecule has 0 saturated carbocycles. The van der Waals surface area contributed by atoms with Gasteiger partial charge in [-0.05, 0) is 30.3 Å². The van der Waals surface area contributed by atoms with E-state index in [9.17, 15) is 9.59 Å². The minimum atomic E-state index is -0.401. The number of anilines is 1. The van der Waals surface area contributed by atoms with Crippen molar-refractivity contribution in [1.29, 1.82) is 0 Å². The fraction of sp³-hybridized carbons (Fsp3) is 0.0556. The maximum atomic E-state index is 12.6. The molecule has 0 bridgehead atoms. The molecule has 6 nitrogen and oxygen atoms in total. The predicted octanol–water partition coefficient (Wildman–Crippen LogP) is 3.43. The van der Waals surface area contributed by atoms with E-state index < -0.39 is 5.56 Å². The van der Waals surface area contributed by atoms with Crippen LogP contribution in [0.3, 0.4) is 0 Å². The van der Waals surface area contributed by atoms with Crippen LogP contribution in [0.5, 0.6) is 0 Å². The molecule has 0 fully saturated rings. The molecule has 4 aromatic rings. The van der Waals surface area contributed by atoms with Gasteiger partial charge in [0.2, 0.25) is 11.5 Å². The van der Waals surface area contributed by atoms with E-state index in [4.69, 9.17) is 16.0 Å². The van der Waals surface area contributed by atoms with Crippen molar-refractivity contribution in [3.8, 4) is 0 Å². The Bertz CT molecular complexity index is 1160. The lowest BCUT2D eigenvalue weighted by atomic mass is 10.2. The van der Waals surface area contributed by atoms with Crippen LogP contribution in [0.25, 0.3) is 22.1 Å². The summed E-state index contributed by atoms with van der Waals surface area (Å²) in [5.74, 6) is -0.360. The van der Waals surface area contributed by atoms with Crippen LogP contribution in [0.15, 0.2) is 64.1 Å². The van der Waals surface area contributed by atoms with Gasteiger partial charge >= 0.3 is 0 Å². The molecule has 2 aromatic heterocycles. The number of fused-ring (bicyclic) bond motifs is 3. The summed E-state index contributed by atoms with van der Waals surface area (Å²) in [5.41, 5.74) is 1.38. The fourth-order valence-corrected chi connectivity index (χ4v) is 2.84. The Labute approximate surface area is 146 Å². The first-order chi connectivity index (χ1) is 12.1. The number of carbonyl (C=O) groups excluding carboxylic acids is 1. The van der Waals surface area contributed by atoms with Gasteiger partial charge in [0.15, 0.2) is 0 Å². The third-order valence-corrected chi connectivity index (χ3v) is 4.01. The van der Waals surface area contributed by atoms with Gasteiger partial charge in [0, 0.05) is 16.1 Å². The Morgan fingerprint density at radius 1 is 1.20 bits per heavy atom.